The van der Waals surface area contributed by atoms with Crippen molar-refractivity contribution in [1.29, 1.82) is 0 Å². The number of aliphatic hydroxyl groups is 1. The van der Waals surface area contributed by atoms with E-state index < -0.39 is 18.0 Å². The van der Waals surface area contributed by atoms with E-state index in [0.717, 1.165) is 23.3 Å². The van der Waals surface area contributed by atoms with Gasteiger partial charge in [0.25, 0.3) is 0 Å². The van der Waals surface area contributed by atoms with Gasteiger partial charge >= 0.3 is 5.97 Å². The van der Waals surface area contributed by atoms with Crippen LogP contribution in [0.1, 0.15) is 55.0 Å². The zero-order valence-electron chi connectivity index (χ0n) is 20.5. The second-order valence-corrected chi connectivity index (χ2v) is 11.0. The van der Waals surface area contributed by atoms with Gasteiger partial charge in [0.2, 0.25) is 0 Å². The average Bonchev–Trinajstić information content (AvgIpc) is 3.37. The van der Waals surface area contributed by atoms with Crippen LogP contribution < -0.4 is 10.1 Å². The van der Waals surface area contributed by atoms with Crippen LogP contribution >= 0.6 is 11.8 Å². The number of aryl methyl sites for hydroxylation is 1. The first-order valence-electron chi connectivity index (χ1n) is 11.8. The van der Waals surface area contributed by atoms with Gasteiger partial charge in [-0.15, -0.1) is 11.8 Å². The number of nitrogens with one attached hydrogen (secondary N) is 1. The molecule has 2 aromatic rings. The summed E-state index contributed by atoms with van der Waals surface area (Å²) >= 11 is 1.76. The van der Waals surface area contributed by atoms with Crippen LogP contribution in [0, 0.1) is 12.8 Å². The lowest BCUT2D eigenvalue weighted by Gasteiger charge is -2.28. The molecule has 1 aliphatic heterocycles. The number of rotatable bonds is 11. The second kappa shape index (κ2) is 9.90. The van der Waals surface area contributed by atoms with E-state index in [1.165, 1.54) is 16.0 Å². The minimum Gasteiger partial charge on any atom is -0.489 e. The third-order valence-corrected chi connectivity index (χ3v) is 7.73. The van der Waals surface area contributed by atoms with Crippen LogP contribution in [0.5, 0.6) is 5.75 Å². The first-order valence-corrected chi connectivity index (χ1v) is 13.0. The molecule has 5 atom stereocenters. The molecule has 1 fully saturated rings. The standard InChI is InChI=1S/C27H35NO5S/c1-15-11-17(9-10-21(15)34-5)12-27(3,4)28-13-18(29)14-32-16(2)19-7-6-8-20-22(19)23-24(26(30)31)25(23)33-20/h6-11,16,18,23-25,28-29H,12-14H2,1-5H3,(H,30,31)/t16-,18-,23+,24+,25+/m1/s1. The molecule has 0 bridgehead atoms. The Morgan fingerprint density at radius 1 is 1.29 bits per heavy atom. The number of β-amino-alcohol motifs (C(OH)–C–C–N with tert-alkyl or cyclic N) is 1. The van der Waals surface area contributed by atoms with Gasteiger partial charge in [-0.1, -0.05) is 24.3 Å². The van der Waals surface area contributed by atoms with Crippen molar-refractivity contribution in [1.82, 2.24) is 5.32 Å². The van der Waals surface area contributed by atoms with Crippen molar-refractivity contribution in [3.63, 3.8) is 0 Å². The smallest absolute Gasteiger partial charge is 0.311 e. The van der Waals surface area contributed by atoms with E-state index in [1.807, 2.05) is 25.1 Å². The lowest BCUT2D eigenvalue weighted by molar-refractivity contribution is -0.139. The van der Waals surface area contributed by atoms with E-state index in [9.17, 15) is 15.0 Å². The molecule has 4 rings (SSSR count). The van der Waals surface area contributed by atoms with Gasteiger partial charge in [-0.3, -0.25) is 4.79 Å². The first kappa shape index (κ1) is 25.0. The number of aliphatic hydroxyl groups excluding tert-OH is 1. The Kier molecular flexibility index (Phi) is 7.29. The second-order valence-electron chi connectivity index (χ2n) is 10.1. The lowest BCUT2D eigenvalue weighted by Crippen LogP contribution is -2.46. The van der Waals surface area contributed by atoms with Gasteiger partial charge in [0.05, 0.1) is 18.8 Å². The Balaban J connectivity index is 1.29. The van der Waals surface area contributed by atoms with Crippen molar-refractivity contribution < 1.29 is 24.5 Å². The molecule has 1 aliphatic carbocycles. The van der Waals surface area contributed by atoms with Gasteiger partial charge in [-0.2, -0.15) is 0 Å². The Labute approximate surface area is 206 Å². The maximum Gasteiger partial charge on any atom is 0.311 e. The largest absolute Gasteiger partial charge is 0.489 e. The number of fused-ring (bicyclic) bond motifs is 3. The molecule has 184 valence electrons. The van der Waals surface area contributed by atoms with Gasteiger partial charge in [-0.05, 0) is 69.2 Å². The molecule has 1 saturated carbocycles. The van der Waals surface area contributed by atoms with Crippen LogP contribution in [-0.4, -0.2) is 53.3 Å². The fraction of sp³-hybridized carbons (Fsp3) is 0.519. The summed E-state index contributed by atoms with van der Waals surface area (Å²) in [6.07, 6.45) is 1.75. The van der Waals surface area contributed by atoms with Crippen LogP contribution in [0.4, 0.5) is 0 Å². The van der Waals surface area contributed by atoms with Crippen LogP contribution in [0.25, 0.3) is 0 Å². The Hall–Kier alpha value is -2.06. The SMILES string of the molecule is CSc1ccc(CC(C)(C)NC[C@@H](O)CO[C@H](C)c2cccc3c2[C@@H]2[C@H](O3)[C@H]2C(=O)O)cc1C. The van der Waals surface area contributed by atoms with Gasteiger partial charge in [0.1, 0.15) is 17.8 Å². The molecule has 2 aliphatic rings. The highest BCUT2D eigenvalue weighted by atomic mass is 32.2. The van der Waals surface area contributed by atoms with E-state index in [1.54, 1.807) is 11.8 Å². The number of hydrogen-bond donors (Lipinski definition) is 3. The molecule has 0 unspecified atom stereocenters. The molecule has 0 saturated heterocycles. The number of ether oxygens (including phenoxy) is 2. The van der Waals surface area contributed by atoms with Crippen molar-refractivity contribution in [2.45, 2.75) is 68.8 Å². The van der Waals surface area contributed by atoms with E-state index in [4.69, 9.17) is 9.47 Å². The summed E-state index contributed by atoms with van der Waals surface area (Å²) in [5.41, 5.74) is 4.27. The van der Waals surface area contributed by atoms with Gasteiger partial charge in [0.15, 0.2) is 0 Å². The summed E-state index contributed by atoms with van der Waals surface area (Å²) in [6, 6.07) is 12.3. The number of carbonyl (C=O) groups is 1. The van der Waals surface area contributed by atoms with Gasteiger partial charge in [-0.25, -0.2) is 0 Å². The number of carboxylic acid groups (broad SMARTS) is 1. The predicted molar refractivity (Wildman–Crippen MR) is 134 cm³/mol. The summed E-state index contributed by atoms with van der Waals surface area (Å²) < 4.78 is 11.8. The number of hydrogen-bond acceptors (Lipinski definition) is 6. The van der Waals surface area contributed by atoms with Crippen molar-refractivity contribution in [3.05, 3.63) is 58.7 Å². The number of aliphatic carboxylic acids is 1. The highest BCUT2D eigenvalue weighted by Gasteiger charge is 2.63. The zero-order chi connectivity index (χ0) is 24.6. The maximum atomic E-state index is 11.4. The molecule has 0 radical (unpaired) electrons. The van der Waals surface area contributed by atoms with Crippen molar-refractivity contribution in [2.24, 2.45) is 5.92 Å². The monoisotopic (exact) mass is 485 g/mol. The van der Waals surface area contributed by atoms with E-state index in [-0.39, 0.29) is 30.3 Å². The Morgan fingerprint density at radius 2 is 2.06 bits per heavy atom. The van der Waals surface area contributed by atoms with Crippen molar-refractivity contribution in [3.8, 4) is 5.75 Å². The minimum absolute atomic E-state index is 0.101. The molecule has 34 heavy (non-hydrogen) atoms. The number of thioether (sulfide) groups is 1. The summed E-state index contributed by atoms with van der Waals surface area (Å²) in [6.45, 7) is 8.96. The normalized spacial score (nSPS) is 22.5. The molecule has 7 heteroatoms. The van der Waals surface area contributed by atoms with Gasteiger partial charge < -0.3 is 25.0 Å². The fourth-order valence-electron chi connectivity index (χ4n) is 5.01. The lowest BCUT2D eigenvalue weighted by atomic mass is 9.94. The quantitative estimate of drug-likeness (QED) is 0.409. The molecule has 6 nitrogen and oxygen atoms in total. The van der Waals surface area contributed by atoms with Crippen LogP contribution in [-0.2, 0) is 16.0 Å². The Bertz CT molecular complexity index is 1060. The number of benzene rings is 2. The maximum absolute atomic E-state index is 11.4. The van der Waals surface area contributed by atoms with E-state index >= 15 is 0 Å². The highest BCUT2D eigenvalue weighted by molar-refractivity contribution is 7.98. The van der Waals surface area contributed by atoms with Crippen molar-refractivity contribution >= 4 is 17.7 Å². The highest BCUT2D eigenvalue weighted by Crippen LogP contribution is 2.60. The third-order valence-electron chi connectivity index (χ3n) is 6.83. The van der Waals surface area contributed by atoms with E-state index in [0.29, 0.717) is 6.54 Å². The fourth-order valence-corrected chi connectivity index (χ4v) is 5.60. The number of carboxylic acids is 1. The van der Waals surface area contributed by atoms with Crippen molar-refractivity contribution in [2.75, 3.05) is 19.4 Å². The molecule has 0 spiro atoms. The first-order chi connectivity index (χ1) is 16.1. The van der Waals surface area contributed by atoms with Crippen LogP contribution in [0.2, 0.25) is 0 Å². The molecule has 1 heterocycles. The summed E-state index contributed by atoms with van der Waals surface area (Å²) in [7, 11) is 0. The third kappa shape index (κ3) is 5.28. The minimum atomic E-state index is -0.816. The summed E-state index contributed by atoms with van der Waals surface area (Å²) in [5, 5.41) is 23.4. The zero-order valence-corrected chi connectivity index (χ0v) is 21.3. The predicted octanol–water partition coefficient (Wildman–Crippen LogP) is 4.33. The molecule has 0 aromatic heterocycles. The Morgan fingerprint density at radius 3 is 2.74 bits per heavy atom. The summed E-state index contributed by atoms with van der Waals surface area (Å²) in [4.78, 5) is 12.7. The van der Waals surface area contributed by atoms with Gasteiger partial charge in [0, 0.05) is 28.5 Å². The topological polar surface area (TPSA) is 88.0 Å². The molecule has 0 amide bonds. The van der Waals surface area contributed by atoms with E-state index in [2.05, 4.69) is 50.5 Å². The molecule has 2 aromatic carbocycles. The molecule has 3 N–H and O–H groups in total. The molecular formula is C27H35NO5S. The molecular weight excluding hydrogens is 450 g/mol. The summed E-state index contributed by atoms with van der Waals surface area (Å²) in [5.74, 6) is -0.636. The van der Waals surface area contributed by atoms with Crippen LogP contribution in [0.15, 0.2) is 41.3 Å². The van der Waals surface area contributed by atoms with Crippen LogP contribution in [0.3, 0.4) is 0 Å². The average molecular weight is 486 g/mol.